The van der Waals surface area contributed by atoms with Crippen LogP contribution in [-0.2, 0) is 16.0 Å². The molecule has 0 unspecified atom stereocenters. The standard InChI is InChI=1S/C19H22N2O2/c1-14-8-9-17(15(2)12-14)21-19(23)13-18(22)20-11-10-16-6-4-3-5-7-16/h3-9,12H,10-11,13H2,1-2H3,(H,20,22)(H,21,23). The summed E-state index contributed by atoms with van der Waals surface area (Å²) in [5.74, 6) is -0.558. The van der Waals surface area contributed by atoms with Crippen molar-refractivity contribution in [3.63, 3.8) is 0 Å². The summed E-state index contributed by atoms with van der Waals surface area (Å²) in [5, 5.41) is 5.55. The molecule has 2 rings (SSSR count). The van der Waals surface area contributed by atoms with Crippen molar-refractivity contribution in [2.24, 2.45) is 0 Å². The predicted molar refractivity (Wildman–Crippen MR) is 92.3 cm³/mol. The largest absolute Gasteiger partial charge is 0.355 e. The Labute approximate surface area is 136 Å². The fourth-order valence-electron chi connectivity index (χ4n) is 2.35. The highest BCUT2D eigenvalue weighted by Gasteiger charge is 2.10. The average Bonchev–Trinajstić information content (AvgIpc) is 2.51. The third kappa shape index (κ3) is 5.58. The second-order valence-corrected chi connectivity index (χ2v) is 5.63. The highest BCUT2D eigenvalue weighted by molar-refractivity contribution is 6.03. The molecule has 0 heterocycles. The number of benzene rings is 2. The highest BCUT2D eigenvalue weighted by Crippen LogP contribution is 2.16. The number of amides is 2. The lowest BCUT2D eigenvalue weighted by Crippen LogP contribution is -2.29. The van der Waals surface area contributed by atoms with E-state index in [4.69, 9.17) is 0 Å². The van der Waals surface area contributed by atoms with Crippen molar-refractivity contribution in [2.75, 3.05) is 11.9 Å². The van der Waals surface area contributed by atoms with Gasteiger partial charge in [0.25, 0.3) is 0 Å². The lowest BCUT2D eigenvalue weighted by atomic mass is 10.1. The van der Waals surface area contributed by atoms with Crippen LogP contribution in [0.2, 0.25) is 0 Å². The molecule has 0 bridgehead atoms. The van der Waals surface area contributed by atoms with Gasteiger partial charge in [0.05, 0.1) is 0 Å². The molecule has 0 spiro atoms. The molecular formula is C19H22N2O2. The van der Waals surface area contributed by atoms with Gasteiger partial charge in [-0.25, -0.2) is 0 Å². The molecule has 2 aromatic rings. The summed E-state index contributed by atoms with van der Waals surface area (Å²) in [6.07, 6.45) is 0.591. The summed E-state index contributed by atoms with van der Waals surface area (Å²) in [5.41, 5.74) is 4.03. The smallest absolute Gasteiger partial charge is 0.233 e. The Morgan fingerprint density at radius 1 is 0.957 bits per heavy atom. The van der Waals surface area contributed by atoms with E-state index in [1.165, 1.54) is 0 Å². The molecule has 0 saturated carbocycles. The number of nitrogens with one attached hydrogen (secondary N) is 2. The van der Waals surface area contributed by atoms with Crippen molar-refractivity contribution in [1.29, 1.82) is 0 Å². The first-order valence-electron chi connectivity index (χ1n) is 7.72. The van der Waals surface area contributed by atoms with Crippen molar-refractivity contribution in [1.82, 2.24) is 5.32 Å². The summed E-state index contributed by atoms with van der Waals surface area (Å²) in [7, 11) is 0. The molecular weight excluding hydrogens is 288 g/mol. The number of anilines is 1. The van der Waals surface area contributed by atoms with Gasteiger partial charge in [-0.15, -0.1) is 0 Å². The summed E-state index contributed by atoms with van der Waals surface area (Å²) < 4.78 is 0. The molecule has 0 radical (unpaired) electrons. The van der Waals surface area contributed by atoms with Gasteiger partial charge in [-0.2, -0.15) is 0 Å². The molecule has 2 aromatic carbocycles. The Kier molecular flexibility index (Phi) is 5.92. The first-order valence-corrected chi connectivity index (χ1v) is 7.72. The molecule has 0 aliphatic carbocycles. The second-order valence-electron chi connectivity index (χ2n) is 5.63. The van der Waals surface area contributed by atoms with Crippen molar-refractivity contribution in [2.45, 2.75) is 26.7 Å². The van der Waals surface area contributed by atoms with Crippen LogP contribution in [0.4, 0.5) is 5.69 Å². The van der Waals surface area contributed by atoms with Gasteiger partial charge in [-0.3, -0.25) is 9.59 Å². The molecule has 0 saturated heterocycles. The molecule has 23 heavy (non-hydrogen) atoms. The Morgan fingerprint density at radius 2 is 1.70 bits per heavy atom. The highest BCUT2D eigenvalue weighted by atomic mass is 16.2. The van der Waals surface area contributed by atoms with Crippen LogP contribution >= 0.6 is 0 Å². The van der Waals surface area contributed by atoms with Crippen LogP contribution in [-0.4, -0.2) is 18.4 Å². The van der Waals surface area contributed by atoms with E-state index in [-0.39, 0.29) is 18.2 Å². The van der Waals surface area contributed by atoms with Gasteiger partial charge < -0.3 is 10.6 Å². The zero-order chi connectivity index (χ0) is 16.7. The number of aryl methyl sites for hydroxylation is 2. The molecule has 120 valence electrons. The van der Waals surface area contributed by atoms with Crippen molar-refractivity contribution in [3.8, 4) is 0 Å². The van der Waals surface area contributed by atoms with Crippen LogP contribution in [0.25, 0.3) is 0 Å². The van der Waals surface area contributed by atoms with Crippen LogP contribution in [0.15, 0.2) is 48.5 Å². The van der Waals surface area contributed by atoms with Crippen LogP contribution < -0.4 is 10.6 Å². The molecule has 2 amide bonds. The van der Waals surface area contributed by atoms with Crippen LogP contribution in [0.1, 0.15) is 23.1 Å². The van der Waals surface area contributed by atoms with Crippen molar-refractivity contribution < 1.29 is 9.59 Å². The number of rotatable bonds is 6. The maximum Gasteiger partial charge on any atom is 0.233 e. The normalized spacial score (nSPS) is 10.2. The minimum Gasteiger partial charge on any atom is -0.355 e. The third-order valence-corrected chi connectivity index (χ3v) is 3.56. The van der Waals surface area contributed by atoms with E-state index in [2.05, 4.69) is 10.6 Å². The Balaban J connectivity index is 1.75. The fourth-order valence-corrected chi connectivity index (χ4v) is 2.35. The molecule has 0 atom stereocenters. The van der Waals surface area contributed by atoms with Crippen molar-refractivity contribution >= 4 is 17.5 Å². The van der Waals surface area contributed by atoms with Gasteiger partial charge in [-0.05, 0) is 37.5 Å². The fraction of sp³-hybridized carbons (Fsp3) is 0.263. The monoisotopic (exact) mass is 310 g/mol. The zero-order valence-electron chi connectivity index (χ0n) is 13.6. The van der Waals surface area contributed by atoms with E-state index < -0.39 is 0 Å². The molecule has 4 nitrogen and oxygen atoms in total. The van der Waals surface area contributed by atoms with E-state index in [1.807, 2.05) is 62.4 Å². The van der Waals surface area contributed by atoms with E-state index >= 15 is 0 Å². The first kappa shape index (κ1) is 16.7. The van der Waals surface area contributed by atoms with Gasteiger partial charge in [0, 0.05) is 12.2 Å². The summed E-state index contributed by atoms with van der Waals surface area (Å²) >= 11 is 0. The first-order chi connectivity index (χ1) is 11.0. The topological polar surface area (TPSA) is 58.2 Å². The van der Waals surface area contributed by atoms with E-state index in [0.717, 1.165) is 28.8 Å². The van der Waals surface area contributed by atoms with Gasteiger partial charge in [0.15, 0.2) is 0 Å². The Bertz CT molecular complexity index is 681. The zero-order valence-corrected chi connectivity index (χ0v) is 13.6. The maximum atomic E-state index is 11.9. The molecule has 0 aliphatic rings. The quantitative estimate of drug-likeness (QED) is 0.806. The summed E-state index contributed by atoms with van der Waals surface area (Å²) in [6.45, 7) is 4.46. The predicted octanol–water partition coefficient (Wildman–Crippen LogP) is 2.99. The number of carbonyl (C=O) groups excluding carboxylic acids is 2. The lowest BCUT2D eigenvalue weighted by Gasteiger charge is -2.09. The van der Waals surface area contributed by atoms with Gasteiger partial charge >= 0.3 is 0 Å². The van der Waals surface area contributed by atoms with E-state index in [1.54, 1.807) is 0 Å². The Morgan fingerprint density at radius 3 is 2.39 bits per heavy atom. The van der Waals surface area contributed by atoms with Crippen molar-refractivity contribution in [3.05, 3.63) is 65.2 Å². The van der Waals surface area contributed by atoms with E-state index in [9.17, 15) is 9.59 Å². The SMILES string of the molecule is Cc1ccc(NC(=O)CC(=O)NCCc2ccccc2)c(C)c1. The van der Waals surface area contributed by atoms with Crippen LogP contribution in [0.3, 0.4) is 0 Å². The lowest BCUT2D eigenvalue weighted by molar-refractivity contribution is -0.126. The summed E-state index contributed by atoms with van der Waals surface area (Å²) in [4.78, 5) is 23.7. The number of carbonyl (C=O) groups is 2. The van der Waals surface area contributed by atoms with Gasteiger partial charge in [0.2, 0.25) is 11.8 Å². The number of hydrogen-bond acceptors (Lipinski definition) is 2. The molecule has 4 heteroatoms. The van der Waals surface area contributed by atoms with Gasteiger partial charge in [-0.1, -0.05) is 48.0 Å². The molecule has 0 fully saturated rings. The molecule has 0 aliphatic heterocycles. The van der Waals surface area contributed by atoms with Crippen LogP contribution in [0.5, 0.6) is 0 Å². The second kappa shape index (κ2) is 8.13. The minimum absolute atomic E-state index is 0.165. The minimum atomic E-state index is -0.297. The maximum absolute atomic E-state index is 11.9. The number of hydrogen-bond donors (Lipinski definition) is 2. The third-order valence-electron chi connectivity index (χ3n) is 3.56. The van der Waals surface area contributed by atoms with Crippen LogP contribution in [0, 0.1) is 13.8 Å². The Hall–Kier alpha value is -2.62. The molecule has 2 N–H and O–H groups in total. The van der Waals surface area contributed by atoms with Gasteiger partial charge in [0.1, 0.15) is 6.42 Å². The average molecular weight is 310 g/mol. The molecule has 0 aromatic heterocycles. The van der Waals surface area contributed by atoms with E-state index in [0.29, 0.717) is 6.54 Å². The summed E-state index contributed by atoms with van der Waals surface area (Å²) in [6, 6.07) is 15.7.